The molecule has 1 saturated carbocycles. The summed E-state index contributed by atoms with van der Waals surface area (Å²) in [5, 5.41) is 14.6. The fourth-order valence-corrected chi connectivity index (χ4v) is 6.62. The summed E-state index contributed by atoms with van der Waals surface area (Å²) in [4.78, 5) is 1.82. The Kier molecular flexibility index (Phi) is 7.36. The molecule has 4 nitrogen and oxygen atoms in total. The van der Waals surface area contributed by atoms with Gasteiger partial charge in [-0.05, 0) is 65.5 Å². The molecule has 1 aromatic heterocycles. The van der Waals surface area contributed by atoms with Gasteiger partial charge in [0.2, 0.25) is 5.82 Å². The predicted molar refractivity (Wildman–Crippen MR) is 161 cm³/mol. The standard InChI is InChI=1S/C33H31IN4/c34-30-22-20-25(21-23-30)24-26-12-10-11-19-31(26)32-35-37-38(36-32)33(27-13-4-1-5-14-27,28-15-6-2-7-16-28)29-17-8-3-9-18-29/h1-19,25,30H,20-24H2. The molecule has 0 unspecified atom stereocenters. The summed E-state index contributed by atoms with van der Waals surface area (Å²) in [6, 6.07) is 40.1. The summed E-state index contributed by atoms with van der Waals surface area (Å²) < 4.78 is 0.822. The van der Waals surface area contributed by atoms with Crippen LogP contribution in [0.1, 0.15) is 47.9 Å². The number of tetrazole rings is 1. The molecule has 1 heterocycles. The highest BCUT2D eigenvalue weighted by Gasteiger charge is 2.41. The predicted octanol–water partition coefficient (Wildman–Crippen LogP) is 7.72. The Morgan fingerprint density at radius 3 is 1.71 bits per heavy atom. The van der Waals surface area contributed by atoms with Gasteiger partial charge in [0.15, 0.2) is 5.54 Å². The first-order chi connectivity index (χ1) is 18.7. The van der Waals surface area contributed by atoms with E-state index >= 15 is 0 Å². The van der Waals surface area contributed by atoms with Gasteiger partial charge in [-0.1, -0.05) is 138 Å². The van der Waals surface area contributed by atoms with Crippen molar-refractivity contribution in [2.45, 2.75) is 41.6 Å². The molecule has 0 saturated heterocycles. The monoisotopic (exact) mass is 610 g/mol. The molecule has 0 bridgehead atoms. The van der Waals surface area contributed by atoms with Crippen LogP contribution in [0.2, 0.25) is 0 Å². The van der Waals surface area contributed by atoms with Gasteiger partial charge >= 0.3 is 0 Å². The SMILES string of the molecule is IC1CCC(Cc2ccccc2-c2nnn(C(c3ccccc3)(c3ccccc3)c3ccccc3)n2)CC1. The van der Waals surface area contributed by atoms with E-state index in [9.17, 15) is 0 Å². The Labute approximate surface area is 238 Å². The zero-order valence-corrected chi connectivity index (χ0v) is 23.5. The molecule has 38 heavy (non-hydrogen) atoms. The van der Waals surface area contributed by atoms with Crippen LogP contribution in [0, 0.1) is 5.92 Å². The molecule has 5 heteroatoms. The van der Waals surface area contributed by atoms with Crippen LogP contribution >= 0.6 is 22.6 Å². The second-order valence-corrected chi connectivity index (χ2v) is 12.0. The molecule has 0 amide bonds. The molecule has 1 aliphatic carbocycles. The Morgan fingerprint density at radius 1 is 0.658 bits per heavy atom. The average Bonchev–Trinajstić information content (AvgIpc) is 3.47. The summed E-state index contributed by atoms with van der Waals surface area (Å²) in [7, 11) is 0. The van der Waals surface area contributed by atoms with Crippen LogP contribution < -0.4 is 0 Å². The Hall–Kier alpha value is -3.32. The number of halogens is 1. The lowest BCUT2D eigenvalue weighted by atomic mass is 9.77. The summed E-state index contributed by atoms with van der Waals surface area (Å²) in [6.45, 7) is 0. The molecule has 0 radical (unpaired) electrons. The van der Waals surface area contributed by atoms with Gasteiger partial charge in [0.25, 0.3) is 0 Å². The van der Waals surface area contributed by atoms with Gasteiger partial charge in [0, 0.05) is 9.49 Å². The van der Waals surface area contributed by atoms with Crippen molar-refractivity contribution in [2.75, 3.05) is 0 Å². The van der Waals surface area contributed by atoms with E-state index in [1.165, 1.54) is 31.2 Å². The molecule has 4 aromatic carbocycles. The van der Waals surface area contributed by atoms with E-state index in [1.807, 2.05) is 23.0 Å². The first kappa shape index (κ1) is 25.0. The van der Waals surface area contributed by atoms with Crippen molar-refractivity contribution in [2.24, 2.45) is 5.92 Å². The van der Waals surface area contributed by atoms with E-state index in [0.29, 0.717) is 11.7 Å². The third-order valence-electron chi connectivity index (χ3n) is 7.83. The number of alkyl halides is 1. The van der Waals surface area contributed by atoms with Gasteiger partial charge in [-0.15, -0.1) is 15.0 Å². The lowest BCUT2D eigenvalue weighted by Gasteiger charge is -2.34. The van der Waals surface area contributed by atoms with Gasteiger partial charge in [-0.3, -0.25) is 0 Å². The fourth-order valence-electron chi connectivity index (χ4n) is 5.90. The molecule has 0 atom stereocenters. The quantitative estimate of drug-likeness (QED) is 0.108. The highest BCUT2D eigenvalue weighted by Crippen LogP contribution is 2.40. The van der Waals surface area contributed by atoms with Crippen LogP contribution in [0.3, 0.4) is 0 Å². The normalized spacial score (nSPS) is 17.8. The Balaban J connectivity index is 1.48. The van der Waals surface area contributed by atoms with Gasteiger partial charge in [0.05, 0.1) is 0 Å². The number of hydrogen-bond donors (Lipinski definition) is 0. The molecular weight excluding hydrogens is 579 g/mol. The minimum absolute atomic E-state index is 0.676. The molecule has 1 aliphatic rings. The van der Waals surface area contributed by atoms with E-state index in [0.717, 1.165) is 32.6 Å². The summed E-state index contributed by atoms with van der Waals surface area (Å²) >= 11 is 2.61. The van der Waals surface area contributed by atoms with Crippen molar-refractivity contribution in [3.63, 3.8) is 0 Å². The van der Waals surface area contributed by atoms with Crippen molar-refractivity contribution < 1.29 is 0 Å². The molecule has 0 aliphatic heterocycles. The lowest BCUT2D eigenvalue weighted by molar-refractivity contribution is 0.370. The Bertz CT molecular complexity index is 1360. The second kappa shape index (κ2) is 11.2. The number of nitrogens with zero attached hydrogens (tertiary/aromatic N) is 4. The van der Waals surface area contributed by atoms with Crippen LogP contribution in [0.15, 0.2) is 115 Å². The minimum Gasteiger partial charge on any atom is -0.144 e. The first-order valence-electron chi connectivity index (χ1n) is 13.4. The highest BCUT2D eigenvalue weighted by atomic mass is 127. The molecule has 0 spiro atoms. The zero-order valence-electron chi connectivity index (χ0n) is 21.3. The molecule has 6 rings (SSSR count). The van der Waals surface area contributed by atoms with Crippen molar-refractivity contribution in [1.82, 2.24) is 20.2 Å². The van der Waals surface area contributed by atoms with Crippen molar-refractivity contribution in [1.29, 1.82) is 0 Å². The maximum atomic E-state index is 5.14. The number of rotatable bonds is 7. The van der Waals surface area contributed by atoms with Crippen molar-refractivity contribution >= 4 is 22.6 Å². The maximum Gasteiger partial charge on any atom is 0.205 e. The number of benzene rings is 4. The van der Waals surface area contributed by atoms with Gasteiger partial charge < -0.3 is 0 Å². The van der Waals surface area contributed by atoms with Gasteiger partial charge in [0.1, 0.15) is 0 Å². The fraction of sp³-hybridized carbons (Fsp3) is 0.242. The zero-order chi connectivity index (χ0) is 25.8. The van der Waals surface area contributed by atoms with E-state index in [4.69, 9.17) is 15.4 Å². The van der Waals surface area contributed by atoms with Crippen LogP contribution in [-0.2, 0) is 12.0 Å². The number of hydrogen-bond acceptors (Lipinski definition) is 3. The van der Waals surface area contributed by atoms with Crippen molar-refractivity contribution in [3.8, 4) is 11.4 Å². The van der Waals surface area contributed by atoms with E-state index < -0.39 is 5.54 Å². The number of aromatic nitrogens is 4. The molecular formula is C33H31IN4. The summed E-state index contributed by atoms with van der Waals surface area (Å²) in [5.41, 5.74) is 4.90. The van der Waals surface area contributed by atoms with Gasteiger partial charge in [-0.2, -0.15) is 0 Å². The third kappa shape index (κ3) is 4.80. The highest BCUT2D eigenvalue weighted by molar-refractivity contribution is 14.1. The largest absolute Gasteiger partial charge is 0.205 e. The van der Waals surface area contributed by atoms with E-state index in [2.05, 4.69) is 120 Å². The topological polar surface area (TPSA) is 43.6 Å². The van der Waals surface area contributed by atoms with Crippen LogP contribution in [0.5, 0.6) is 0 Å². The Morgan fingerprint density at radius 2 is 1.16 bits per heavy atom. The van der Waals surface area contributed by atoms with E-state index in [1.54, 1.807) is 0 Å². The second-order valence-electron chi connectivity index (χ2n) is 10.2. The maximum absolute atomic E-state index is 5.14. The molecule has 190 valence electrons. The molecule has 1 fully saturated rings. The van der Waals surface area contributed by atoms with Crippen LogP contribution in [0.25, 0.3) is 11.4 Å². The summed E-state index contributed by atoms with van der Waals surface area (Å²) in [6.07, 6.45) is 6.28. The van der Waals surface area contributed by atoms with E-state index in [-0.39, 0.29) is 0 Å². The molecule has 5 aromatic rings. The first-order valence-corrected chi connectivity index (χ1v) is 14.7. The van der Waals surface area contributed by atoms with Crippen LogP contribution in [-0.4, -0.2) is 24.1 Å². The lowest BCUT2D eigenvalue weighted by Crippen LogP contribution is -2.39. The van der Waals surface area contributed by atoms with Gasteiger partial charge in [-0.25, -0.2) is 0 Å². The smallest absolute Gasteiger partial charge is 0.144 e. The minimum atomic E-state index is -0.761. The van der Waals surface area contributed by atoms with Crippen LogP contribution in [0.4, 0.5) is 0 Å². The average molecular weight is 611 g/mol. The summed E-state index contributed by atoms with van der Waals surface area (Å²) in [5.74, 6) is 1.39. The third-order valence-corrected chi connectivity index (χ3v) is 9.08. The molecule has 0 N–H and O–H groups in total. The van der Waals surface area contributed by atoms with Crippen molar-refractivity contribution in [3.05, 3.63) is 138 Å².